The van der Waals surface area contributed by atoms with Crippen molar-refractivity contribution < 1.29 is 9.53 Å². The quantitative estimate of drug-likeness (QED) is 0.566. The number of hydrogen-bond donors (Lipinski definition) is 0. The highest BCUT2D eigenvalue weighted by atomic mass is 79.9. The fourth-order valence-electron chi connectivity index (χ4n) is 1.61. The van der Waals surface area contributed by atoms with Gasteiger partial charge in [-0.15, -0.1) is 0 Å². The Morgan fingerprint density at radius 1 is 1.29 bits per heavy atom. The number of aryl methyl sites for hydroxylation is 1. The monoisotopic (exact) mass is 362 g/mol. The summed E-state index contributed by atoms with van der Waals surface area (Å²) in [6.07, 6.45) is 2.45. The highest BCUT2D eigenvalue weighted by Gasteiger charge is 2.06. The third-order valence-electron chi connectivity index (χ3n) is 2.27. The Bertz CT molecular complexity index is 378. The van der Waals surface area contributed by atoms with Crippen molar-refractivity contribution in [3.8, 4) is 0 Å². The van der Waals surface area contributed by atoms with Gasteiger partial charge in [0, 0.05) is 9.80 Å². The standard InChI is InChI=1S/C13H16Br2O2/c1-2-17-13(16)9-11-6-10(4-3-5-14)7-12(15)8-11/h6-8H,2-5,9H2,1H3. The molecule has 0 amide bonds. The molecular formula is C13H16Br2O2. The maximum absolute atomic E-state index is 11.4. The zero-order valence-corrected chi connectivity index (χ0v) is 13.0. The smallest absolute Gasteiger partial charge is 0.310 e. The van der Waals surface area contributed by atoms with E-state index in [0.717, 1.165) is 28.2 Å². The van der Waals surface area contributed by atoms with Gasteiger partial charge < -0.3 is 4.74 Å². The summed E-state index contributed by atoms with van der Waals surface area (Å²) in [5.41, 5.74) is 2.25. The fraction of sp³-hybridized carbons (Fsp3) is 0.462. The van der Waals surface area contributed by atoms with Crippen molar-refractivity contribution >= 4 is 37.8 Å². The van der Waals surface area contributed by atoms with Crippen LogP contribution in [-0.4, -0.2) is 17.9 Å². The van der Waals surface area contributed by atoms with Gasteiger partial charge in [-0.05, 0) is 43.0 Å². The molecule has 17 heavy (non-hydrogen) atoms. The molecular weight excluding hydrogens is 348 g/mol. The molecule has 0 bridgehead atoms. The first kappa shape index (κ1) is 14.7. The third-order valence-corrected chi connectivity index (χ3v) is 3.29. The number of alkyl halides is 1. The Morgan fingerprint density at radius 2 is 2.00 bits per heavy atom. The lowest BCUT2D eigenvalue weighted by Crippen LogP contribution is -2.07. The summed E-state index contributed by atoms with van der Waals surface area (Å²) in [5, 5.41) is 0.993. The topological polar surface area (TPSA) is 26.3 Å². The minimum absolute atomic E-state index is 0.169. The first-order valence-corrected chi connectivity index (χ1v) is 7.57. The van der Waals surface area contributed by atoms with Gasteiger partial charge in [0.25, 0.3) is 0 Å². The van der Waals surface area contributed by atoms with E-state index in [1.54, 1.807) is 0 Å². The van der Waals surface area contributed by atoms with E-state index in [9.17, 15) is 4.79 Å². The predicted octanol–water partition coefficient (Wildman–Crippen LogP) is 3.88. The van der Waals surface area contributed by atoms with Crippen LogP contribution in [0.5, 0.6) is 0 Å². The van der Waals surface area contributed by atoms with Gasteiger partial charge >= 0.3 is 5.97 Å². The van der Waals surface area contributed by atoms with Crippen molar-refractivity contribution in [2.24, 2.45) is 0 Å². The number of hydrogen-bond acceptors (Lipinski definition) is 2. The maximum atomic E-state index is 11.4. The van der Waals surface area contributed by atoms with E-state index in [0.29, 0.717) is 13.0 Å². The molecule has 0 N–H and O–H groups in total. The first-order chi connectivity index (χ1) is 8.15. The van der Waals surface area contributed by atoms with Gasteiger partial charge in [0.2, 0.25) is 0 Å². The number of esters is 1. The second kappa shape index (κ2) is 7.88. The van der Waals surface area contributed by atoms with Crippen LogP contribution in [0, 0.1) is 0 Å². The molecule has 0 radical (unpaired) electrons. The van der Waals surface area contributed by atoms with Crippen LogP contribution in [0.2, 0.25) is 0 Å². The molecule has 4 heteroatoms. The van der Waals surface area contributed by atoms with Crippen molar-refractivity contribution in [2.75, 3.05) is 11.9 Å². The van der Waals surface area contributed by atoms with Crippen LogP contribution in [0.25, 0.3) is 0 Å². The van der Waals surface area contributed by atoms with E-state index in [1.807, 2.05) is 13.0 Å². The van der Waals surface area contributed by atoms with Crippen molar-refractivity contribution in [1.82, 2.24) is 0 Å². The normalized spacial score (nSPS) is 10.3. The summed E-state index contributed by atoms with van der Waals surface area (Å²) < 4.78 is 5.96. The van der Waals surface area contributed by atoms with Gasteiger partial charge in [-0.3, -0.25) is 4.79 Å². The van der Waals surface area contributed by atoms with E-state index in [2.05, 4.69) is 44.0 Å². The number of ether oxygens (including phenoxy) is 1. The van der Waals surface area contributed by atoms with E-state index in [1.165, 1.54) is 5.56 Å². The van der Waals surface area contributed by atoms with Crippen LogP contribution < -0.4 is 0 Å². The van der Waals surface area contributed by atoms with Gasteiger partial charge in [0.05, 0.1) is 13.0 Å². The summed E-state index contributed by atoms with van der Waals surface area (Å²) in [6.45, 7) is 2.25. The number of halogens is 2. The molecule has 2 nitrogen and oxygen atoms in total. The fourth-order valence-corrected chi connectivity index (χ4v) is 2.48. The zero-order valence-electron chi connectivity index (χ0n) is 9.84. The van der Waals surface area contributed by atoms with Crippen LogP contribution >= 0.6 is 31.9 Å². The summed E-state index contributed by atoms with van der Waals surface area (Å²) in [4.78, 5) is 11.4. The second-order valence-electron chi connectivity index (χ2n) is 3.74. The summed E-state index contributed by atoms with van der Waals surface area (Å²) >= 11 is 6.89. The summed E-state index contributed by atoms with van der Waals surface area (Å²) in [6, 6.07) is 6.14. The molecule has 1 aromatic carbocycles. The molecule has 0 aromatic heterocycles. The summed E-state index contributed by atoms with van der Waals surface area (Å²) in [7, 11) is 0. The van der Waals surface area contributed by atoms with Gasteiger partial charge in [0.15, 0.2) is 0 Å². The molecule has 0 aliphatic heterocycles. The van der Waals surface area contributed by atoms with Crippen LogP contribution in [0.15, 0.2) is 22.7 Å². The van der Waals surface area contributed by atoms with Crippen molar-refractivity contribution in [1.29, 1.82) is 0 Å². The molecule has 0 aliphatic rings. The maximum Gasteiger partial charge on any atom is 0.310 e. The third kappa shape index (κ3) is 5.68. The lowest BCUT2D eigenvalue weighted by molar-refractivity contribution is -0.142. The molecule has 0 atom stereocenters. The molecule has 1 rings (SSSR count). The zero-order chi connectivity index (χ0) is 12.7. The molecule has 0 aliphatic carbocycles. The van der Waals surface area contributed by atoms with E-state index in [4.69, 9.17) is 4.74 Å². The number of rotatable bonds is 6. The van der Waals surface area contributed by atoms with E-state index >= 15 is 0 Å². The molecule has 0 fully saturated rings. The van der Waals surface area contributed by atoms with Gasteiger partial charge in [-0.2, -0.15) is 0 Å². The summed E-state index contributed by atoms with van der Waals surface area (Å²) in [5.74, 6) is -0.169. The lowest BCUT2D eigenvalue weighted by atomic mass is 10.1. The van der Waals surface area contributed by atoms with Crippen LogP contribution in [0.3, 0.4) is 0 Å². The number of carbonyl (C=O) groups is 1. The largest absolute Gasteiger partial charge is 0.466 e. The Balaban J connectivity index is 2.71. The molecule has 1 aromatic rings. The van der Waals surface area contributed by atoms with E-state index in [-0.39, 0.29) is 5.97 Å². The minimum atomic E-state index is -0.169. The van der Waals surface area contributed by atoms with Crippen molar-refractivity contribution in [3.63, 3.8) is 0 Å². The first-order valence-electron chi connectivity index (χ1n) is 5.65. The van der Waals surface area contributed by atoms with Crippen LogP contribution in [0.4, 0.5) is 0 Å². The van der Waals surface area contributed by atoms with Crippen molar-refractivity contribution in [3.05, 3.63) is 33.8 Å². The van der Waals surface area contributed by atoms with Crippen LogP contribution in [0.1, 0.15) is 24.5 Å². The molecule has 0 saturated carbocycles. The lowest BCUT2D eigenvalue weighted by Gasteiger charge is -2.06. The van der Waals surface area contributed by atoms with Crippen molar-refractivity contribution in [2.45, 2.75) is 26.2 Å². The Kier molecular flexibility index (Phi) is 6.82. The second-order valence-corrected chi connectivity index (χ2v) is 5.45. The van der Waals surface area contributed by atoms with Crippen LogP contribution in [-0.2, 0) is 22.4 Å². The SMILES string of the molecule is CCOC(=O)Cc1cc(Br)cc(CCCBr)c1. The number of benzene rings is 1. The molecule has 0 saturated heterocycles. The molecule has 0 heterocycles. The Morgan fingerprint density at radius 3 is 2.65 bits per heavy atom. The average molecular weight is 364 g/mol. The highest BCUT2D eigenvalue weighted by molar-refractivity contribution is 9.10. The van der Waals surface area contributed by atoms with Gasteiger partial charge in [-0.1, -0.05) is 37.9 Å². The predicted molar refractivity (Wildman–Crippen MR) is 76.6 cm³/mol. The Labute approximate surface area is 119 Å². The molecule has 94 valence electrons. The Hall–Kier alpha value is -0.350. The minimum Gasteiger partial charge on any atom is -0.466 e. The highest BCUT2D eigenvalue weighted by Crippen LogP contribution is 2.18. The van der Waals surface area contributed by atoms with Gasteiger partial charge in [-0.25, -0.2) is 0 Å². The molecule has 0 spiro atoms. The number of carbonyl (C=O) groups excluding carboxylic acids is 1. The van der Waals surface area contributed by atoms with E-state index < -0.39 is 0 Å². The average Bonchev–Trinajstić information content (AvgIpc) is 2.25. The molecule has 0 unspecified atom stereocenters. The van der Waals surface area contributed by atoms with Gasteiger partial charge in [0.1, 0.15) is 0 Å².